The highest BCUT2D eigenvalue weighted by Gasteiger charge is 2.35. The second kappa shape index (κ2) is 7.47. The van der Waals surface area contributed by atoms with Crippen LogP contribution in [0.2, 0.25) is 0 Å². The van der Waals surface area contributed by atoms with Crippen LogP contribution in [0, 0.1) is 12.8 Å². The van der Waals surface area contributed by atoms with Crippen LogP contribution >= 0.6 is 0 Å². The highest BCUT2D eigenvalue weighted by Crippen LogP contribution is 2.32. The Morgan fingerprint density at radius 1 is 1.15 bits per heavy atom. The summed E-state index contributed by atoms with van der Waals surface area (Å²) in [5, 5.41) is 2.65. The normalized spacial score (nSPS) is 20.2. The monoisotopic (exact) mass is 363 g/mol. The van der Waals surface area contributed by atoms with Crippen LogP contribution in [-0.4, -0.2) is 12.5 Å². The van der Waals surface area contributed by atoms with Crippen LogP contribution in [0.25, 0.3) is 0 Å². The van der Waals surface area contributed by atoms with Crippen molar-refractivity contribution < 1.29 is 18.0 Å². The number of rotatable bonds is 4. The predicted molar refractivity (Wildman–Crippen MR) is 91.8 cm³/mol. The minimum Gasteiger partial charge on any atom is -0.352 e. The van der Waals surface area contributed by atoms with Gasteiger partial charge in [0.25, 0.3) is 0 Å². The highest BCUT2D eigenvalue weighted by atomic mass is 19.4. The zero-order chi connectivity index (χ0) is 18.7. The fraction of sp³-hybridized carbons (Fsp3) is 0.316. The fourth-order valence-electron chi connectivity index (χ4n) is 3.10. The zero-order valence-electron chi connectivity index (χ0n) is 14.2. The summed E-state index contributed by atoms with van der Waals surface area (Å²) >= 11 is 0. The van der Waals surface area contributed by atoms with Crippen molar-refractivity contribution in [1.82, 2.24) is 16.2 Å². The van der Waals surface area contributed by atoms with Gasteiger partial charge < -0.3 is 5.32 Å². The molecular formula is C19H20F3N3O. The number of hydrogen-bond acceptors (Lipinski definition) is 3. The molecule has 1 heterocycles. The summed E-state index contributed by atoms with van der Waals surface area (Å²) < 4.78 is 39.2. The number of amides is 1. The summed E-state index contributed by atoms with van der Waals surface area (Å²) in [5.41, 5.74) is 7.43. The number of carbonyl (C=O) groups excluding carboxylic acids is 1. The fourth-order valence-corrected chi connectivity index (χ4v) is 3.10. The first-order chi connectivity index (χ1) is 12.4. The smallest absolute Gasteiger partial charge is 0.352 e. The molecule has 1 aliphatic rings. The lowest BCUT2D eigenvalue weighted by Crippen LogP contribution is -2.35. The van der Waals surface area contributed by atoms with Crippen molar-refractivity contribution in [2.75, 3.05) is 6.54 Å². The summed E-state index contributed by atoms with van der Waals surface area (Å²) in [6.45, 7) is 2.23. The Morgan fingerprint density at radius 3 is 2.54 bits per heavy atom. The molecule has 2 atom stereocenters. The number of hydrogen-bond donors (Lipinski definition) is 3. The van der Waals surface area contributed by atoms with E-state index in [2.05, 4.69) is 16.2 Å². The molecule has 1 fully saturated rings. The number of halogens is 3. The molecule has 138 valence electrons. The topological polar surface area (TPSA) is 53.2 Å². The van der Waals surface area contributed by atoms with Crippen molar-refractivity contribution in [3.05, 3.63) is 70.8 Å². The van der Waals surface area contributed by atoms with E-state index in [9.17, 15) is 18.0 Å². The molecule has 0 saturated carbocycles. The van der Waals surface area contributed by atoms with Crippen molar-refractivity contribution in [2.45, 2.75) is 25.7 Å². The van der Waals surface area contributed by atoms with E-state index < -0.39 is 17.7 Å². The molecule has 2 unspecified atom stereocenters. The van der Waals surface area contributed by atoms with Crippen molar-refractivity contribution in [3.63, 3.8) is 0 Å². The lowest BCUT2D eigenvalue weighted by atomic mass is 9.93. The maximum Gasteiger partial charge on any atom is 0.416 e. The molecule has 1 aliphatic heterocycles. The molecule has 26 heavy (non-hydrogen) atoms. The molecule has 0 radical (unpaired) electrons. The van der Waals surface area contributed by atoms with Crippen molar-refractivity contribution in [3.8, 4) is 0 Å². The van der Waals surface area contributed by atoms with Gasteiger partial charge in [-0.05, 0) is 24.1 Å². The van der Waals surface area contributed by atoms with Crippen LogP contribution in [0.1, 0.15) is 28.3 Å². The van der Waals surface area contributed by atoms with Crippen LogP contribution in [0.5, 0.6) is 0 Å². The summed E-state index contributed by atoms with van der Waals surface area (Å²) in [7, 11) is 0. The minimum absolute atomic E-state index is 0.0548. The van der Waals surface area contributed by atoms with E-state index in [1.807, 2.05) is 31.2 Å². The second-order valence-corrected chi connectivity index (χ2v) is 6.39. The number of aryl methyl sites for hydroxylation is 1. The van der Waals surface area contributed by atoms with Crippen LogP contribution in [0.4, 0.5) is 13.2 Å². The van der Waals surface area contributed by atoms with Gasteiger partial charge in [0.15, 0.2) is 0 Å². The number of hydrazine groups is 1. The van der Waals surface area contributed by atoms with Crippen LogP contribution in [-0.2, 0) is 17.5 Å². The Balaban J connectivity index is 1.69. The summed E-state index contributed by atoms with van der Waals surface area (Å²) in [5.74, 6) is -0.694. The van der Waals surface area contributed by atoms with Crippen molar-refractivity contribution >= 4 is 5.91 Å². The molecule has 4 nitrogen and oxygen atoms in total. The van der Waals surface area contributed by atoms with Gasteiger partial charge in [-0.2, -0.15) is 13.2 Å². The summed E-state index contributed by atoms with van der Waals surface area (Å²) in [6.07, 6.45) is -4.44. The maximum atomic E-state index is 13.1. The average molecular weight is 363 g/mol. The number of alkyl halides is 3. The van der Waals surface area contributed by atoms with Crippen molar-refractivity contribution in [1.29, 1.82) is 0 Å². The SMILES string of the molecule is Cc1ccc(C2NNCC2C(=O)NCc2ccccc2C(F)(F)F)cc1. The van der Waals surface area contributed by atoms with Gasteiger partial charge in [-0.3, -0.25) is 10.2 Å². The van der Waals surface area contributed by atoms with E-state index in [0.717, 1.165) is 17.2 Å². The lowest BCUT2D eigenvalue weighted by Gasteiger charge is -2.19. The molecule has 0 aliphatic carbocycles. The van der Waals surface area contributed by atoms with Gasteiger partial charge >= 0.3 is 6.18 Å². The standard InChI is InChI=1S/C19H20F3N3O/c1-12-6-8-13(9-7-12)17-15(11-24-25-17)18(26)23-10-14-4-2-3-5-16(14)19(20,21)22/h2-9,15,17,24-25H,10-11H2,1H3,(H,23,26). The Morgan fingerprint density at radius 2 is 1.85 bits per heavy atom. The molecule has 3 N–H and O–H groups in total. The van der Waals surface area contributed by atoms with Gasteiger partial charge in [-0.15, -0.1) is 0 Å². The molecule has 1 amide bonds. The van der Waals surface area contributed by atoms with E-state index in [1.165, 1.54) is 18.2 Å². The molecule has 7 heteroatoms. The van der Waals surface area contributed by atoms with Crippen LogP contribution in [0.3, 0.4) is 0 Å². The first kappa shape index (κ1) is 18.4. The van der Waals surface area contributed by atoms with Gasteiger partial charge in [0, 0.05) is 13.1 Å². The third kappa shape index (κ3) is 4.05. The Hall–Kier alpha value is -2.38. The molecule has 0 spiro atoms. The molecule has 1 saturated heterocycles. The molecule has 3 rings (SSSR count). The zero-order valence-corrected chi connectivity index (χ0v) is 14.2. The van der Waals surface area contributed by atoms with E-state index in [4.69, 9.17) is 0 Å². The Labute approximate surface area is 149 Å². The first-order valence-corrected chi connectivity index (χ1v) is 8.34. The summed E-state index contributed by atoms with van der Waals surface area (Å²) in [6, 6.07) is 12.9. The predicted octanol–water partition coefficient (Wildman–Crippen LogP) is 3.10. The van der Waals surface area contributed by atoms with E-state index >= 15 is 0 Å². The first-order valence-electron chi connectivity index (χ1n) is 8.34. The molecule has 0 aromatic heterocycles. The number of carbonyl (C=O) groups is 1. The maximum absolute atomic E-state index is 13.1. The van der Waals surface area contributed by atoms with E-state index in [1.54, 1.807) is 0 Å². The van der Waals surface area contributed by atoms with Gasteiger partial charge in [-0.1, -0.05) is 48.0 Å². The molecule has 2 aromatic rings. The van der Waals surface area contributed by atoms with E-state index in [-0.39, 0.29) is 24.1 Å². The molecular weight excluding hydrogens is 343 g/mol. The van der Waals surface area contributed by atoms with E-state index in [0.29, 0.717) is 6.54 Å². The number of nitrogens with one attached hydrogen (secondary N) is 3. The second-order valence-electron chi connectivity index (χ2n) is 6.39. The van der Waals surface area contributed by atoms with Gasteiger partial charge in [0.05, 0.1) is 17.5 Å². The number of benzene rings is 2. The van der Waals surface area contributed by atoms with Gasteiger partial charge in [-0.25, -0.2) is 5.43 Å². The largest absolute Gasteiger partial charge is 0.416 e. The van der Waals surface area contributed by atoms with Crippen molar-refractivity contribution in [2.24, 2.45) is 5.92 Å². The quantitative estimate of drug-likeness (QED) is 0.783. The molecule has 0 bridgehead atoms. The third-order valence-electron chi connectivity index (χ3n) is 4.53. The Bertz CT molecular complexity index is 774. The average Bonchev–Trinajstić information content (AvgIpc) is 3.09. The third-order valence-corrected chi connectivity index (χ3v) is 4.53. The molecule has 2 aromatic carbocycles. The Kier molecular flexibility index (Phi) is 5.29. The van der Waals surface area contributed by atoms with Gasteiger partial charge in [0.1, 0.15) is 0 Å². The minimum atomic E-state index is -4.44. The van der Waals surface area contributed by atoms with Crippen LogP contribution in [0.15, 0.2) is 48.5 Å². The lowest BCUT2D eigenvalue weighted by molar-refractivity contribution is -0.138. The highest BCUT2D eigenvalue weighted by molar-refractivity contribution is 5.80. The van der Waals surface area contributed by atoms with Gasteiger partial charge in [0.2, 0.25) is 5.91 Å². The van der Waals surface area contributed by atoms with Crippen LogP contribution < -0.4 is 16.2 Å². The summed E-state index contributed by atoms with van der Waals surface area (Å²) in [4.78, 5) is 12.6.